The van der Waals surface area contributed by atoms with Gasteiger partial charge in [0.1, 0.15) is 6.61 Å². The zero-order chi connectivity index (χ0) is 13.1. The van der Waals surface area contributed by atoms with Gasteiger partial charge in [-0.3, -0.25) is 19.3 Å². The fourth-order valence-corrected chi connectivity index (χ4v) is 1.83. The van der Waals surface area contributed by atoms with Gasteiger partial charge in [0.15, 0.2) is 0 Å². The Kier molecular flexibility index (Phi) is 3.74. The van der Waals surface area contributed by atoms with Crippen molar-refractivity contribution in [2.24, 2.45) is 0 Å². The number of hydrogen-bond acceptors (Lipinski definition) is 4. The van der Waals surface area contributed by atoms with Crippen molar-refractivity contribution in [2.75, 3.05) is 19.8 Å². The summed E-state index contributed by atoms with van der Waals surface area (Å²) < 4.78 is 4.92. The number of carbonyl (C=O) groups is 3. The van der Waals surface area contributed by atoms with Crippen molar-refractivity contribution < 1.29 is 19.1 Å². The molecular formula is C12H10ClNO4. The highest BCUT2D eigenvalue weighted by Crippen LogP contribution is 2.21. The number of rotatable bonds is 5. The Morgan fingerprint density at radius 3 is 2.22 bits per heavy atom. The molecule has 0 N–H and O–H groups in total. The van der Waals surface area contributed by atoms with Crippen LogP contribution in [0.4, 0.5) is 0 Å². The first kappa shape index (κ1) is 12.7. The third kappa shape index (κ3) is 2.42. The second kappa shape index (κ2) is 5.29. The summed E-state index contributed by atoms with van der Waals surface area (Å²) in [6.45, 7) is -0.0365. The molecule has 1 aliphatic heterocycles. The number of carbonyl (C=O) groups excluding carboxylic acids is 3. The Hall–Kier alpha value is -1.72. The van der Waals surface area contributed by atoms with E-state index in [9.17, 15) is 14.4 Å². The third-order valence-electron chi connectivity index (χ3n) is 2.55. The molecule has 0 saturated heterocycles. The van der Waals surface area contributed by atoms with Crippen LogP contribution < -0.4 is 0 Å². The SMILES string of the molecule is O=C(Cl)COCCN1C(=O)c2ccccc2C1=O. The summed E-state index contributed by atoms with van der Waals surface area (Å²) in [5.41, 5.74) is 0.798. The summed E-state index contributed by atoms with van der Waals surface area (Å²) in [4.78, 5) is 35.3. The van der Waals surface area contributed by atoms with E-state index in [1.807, 2.05) is 0 Å². The molecule has 5 nitrogen and oxygen atoms in total. The normalized spacial score (nSPS) is 13.9. The summed E-state index contributed by atoms with van der Waals surface area (Å²) in [6.07, 6.45) is 0. The molecule has 0 radical (unpaired) electrons. The lowest BCUT2D eigenvalue weighted by Crippen LogP contribution is -2.33. The lowest BCUT2D eigenvalue weighted by Gasteiger charge is -2.13. The lowest BCUT2D eigenvalue weighted by atomic mass is 10.1. The van der Waals surface area contributed by atoms with Gasteiger partial charge in [0.25, 0.3) is 11.8 Å². The summed E-state index contributed by atoms with van der Waals surface area (Å²) in [6, 6.07) is 6.63. The number of halogens is 1. The van der Waals surface area contributed by atoms with Crippen molar-refractivity contribution >= 4 is 28.7 Å². The van der Waals surface area contributed by atoms with Gasteiger partial charge in [0.05, 0.1) is 24.3 Å². The smallest absolute Gasteiger partial charge is 0.261 e. The molecule has 0 bridgehead atoms. The Morgan fingerprint density at radius 1 is 1.17 bits per heavy atom. The van der Waals surface area contributed by atoms with Gasteiger partial charge in [-0.05, 0) is 23.7 Å². The van der Waals surface area contributed by atoms with Crippen LogP contribution in [0.1, 0.15) is 20.7 Å². The quantitative estimate of drug-likeness (QED) is 0.455. The first-order valence-electron chi connectivity index (χ1n) is 5.32. The zero-order valence-electron chi connectivity index (χ0n) is 9.39. The second-order valence-electron chi connectivity index (χ2n) is 3.72. The van der Waals surface area contributed by atoms with Crippen molar-refractivity contribution in [3.63, 3.8) is 0 Å². The molecule has 0 aliphatic carbocycles. The largest absolute Gasteiger partial charge is 0.370 e. The molecule has 1 aromatic carbocycles. The van der Waals surface area contributed by atoms with E-state index in [1.165, 1.54) is 0 Å². The van der Waals surface area contributed by atoms with Crippen LogP contribution in [0.25, 0.3) is 0 Å². The minimum absolute atomic E-state index is 0.0872. The van der Waals surface area contributed by atoms with Crippen molar-refractivity contribution in [1.29, 1.82) is 0 Å². The zero-order valence-corrected chi connectivity index (χ0v) is 10.1. The summed E-state index contributed by atoms with van der Waals surface area (Å²) in [5, 5.41) is -0.614. The van der Waals surface area contributed by atoms with Crippen molar-refractivity contribution in [3.8, 4) is 0 Å². The number of fused-ring (bicyclic) bond motifs is 1. The van der Waals surface area contributed by atoms with Gasteiger partial charge in [0.2, 0.25) is 5.24 Å². The highest BCUT2D eigenvalue weighted by molar-refractivity contribution is 6.63. The third-order valence-corrected chi connectivity index (χ3v) is 2.66. The summed E-state index contributed by atoms with van der Waals surface area (Å²) in [7, 11) is 0. The van der Waals surface area contributed by atoms with E-state index < -0.39 is 5.24 Å². The fraction of sp³-hybridized carbons (Fsp3) is 0.250. The minimum Gasteiger partial charge on any atom is -0.370 e. The average Bonchev–Trinajstić information content (AvgIpc) is 2.59. The molecule has 0 saturated carbocycles. The van der Waals surface area contributed by atoms with Gasteiger partial charge in [-0.1, -0.05) is 12.1 Å². The topological polar surface area (TPSA) is 63.7 Å². The summed E-state index contributed by atoms with van der Waals surface area (Å²) >= 11 is 5.09. The van der Waals surface area contributed by atoms with Crippen LogP contribution in [0.3, 0.4) is 0 Å². The van der Waals surface area contributed by atoms with Crippen LogP contribution in [-0.2, 0) is 9.53 Å². The molecule has 18 heavy (non-hydrogen) atoms. The first-order valence-corrected chi connectivity index (χ1v) is 5.70. The van der Waals surface area contributed by atoms with Gasteiger partial charge in [0, 0.05) is 0 Å². The van der Waals surface area contributed by atoms with Gasteiger partial charge in [-0.25, -0.2) is 0 Å². The molecule has 6 heteroatoms. The molecule has 1 heterocycles. The van der Waals surface area contributed by atoms with Crippen molar-refractivity contribution in [1.82, 2.24) is 4.90 Å². The Bertz CT molecular complexity index is 480. The molecular weight excluding hydrogens is 258 g/mol. The number of nitrogens with zero attached hydrogens (tertiary/aromatic N) is 1. The summed E-state index contributed by atoms with van der Waals surface area (Å²) in [5.74, 6) is -0.673. The standard InChI is InChI=1S/C12H10ClNO4/c13-10(15)7-18-6-5-14-11(16)8-3-1-2-4-9(8)12(14)17/h1-4H,5-7H2. The van der Waals surface area contributed by atoms with Crippen LogP contribution in [0.2, 0.25) is 0 Å². The van der Waals surface area contributed by atoms with Crippen LogP contribution in [-0.4, -0.2) is 41.7 Å². The number of benzene rings is 1. The Morgan fingerprint density at radius 2 is 1.72 bits per heavy atom. The van der Waals surface area contributed by atoms with Gasteiger partial charge < -0.3 is 4.74 Å². The molecule has 0 aromatic heterocycles. The molecule has 2 amide bonds. The highest BCUT2D eigenvalue weighted by Gasteiger charge is 2.34. The van der Waals surface area contributed by atoms with Gasteiger partial charge >= 0.3 is 0 Å². The van der Waals surface area contributed by atoms with Crippen LogP contribution in [0.5, 0.6) is 0 Å². The molecule has 0 spiro atoms. The number of amides is 2. The van der Waals surface area contributed by atoms with E-state index in [4.69, 9.17) is 16.3 Å². The number of hydrogen-bond donors (Lipinski definition) is 0. The molecule has 94 valence electrons. The van der Waals surface area contributed by atoms with Crippen LogP contribution in [0, 0.1) is 0 Å². The molecule has 0 atom stereocenters. The first-order chi connectivity index (χ1) is 8.61. The lowest BCUT2D eigenvalue weighted by molar-refractivity contribution is -0.115. The van der Waals surface area contributed by atoms with E-state index >= 15 is 0 Å². The predicted molar refractivity (Wildman–Crippen MR) is 63.5 cm³/mol. The Labute approximate surface area is 108 Å². The molecule has 0 unspecified atom stereocenters. The van der Waals surface area contributed by atoms with Crippen molar-refractivity contribution in [2.45, 2.75) is 0 Å². The maximum atomic E-state index is 11.9. The van der Waals surface area contributed by atoms with Crippen LogP contribution in [0.15, 0.2) is 24.3 Å². The second-order valence-corrected chi connectivity index (χ2v) is 4.14. The van der Waals surface area contributed by atoms with E-state index in [0.29, 0.717) is 11.1 Å². The number of imide groups is 1. The van der Waals surface area contributed by atoms with Crippen LogP contribution >= 0.6 is 11.6 Å². The monoisotopic (exact) mass is 267 g/mol. The van der Waals surface area contributed by atoms with Gasteiger partial charge in [-0.2, -0.15) is 0 Å². The molecule has 1 aromatic rings. The van der Waals surface area contributed by atoms with E-state index in [1.54, 1.807) is 24.3 Å². The molecule has 2 rings (SSSR count). The molecule has 0 fully saturated rings. The predicted octanol–water partition coefficient (Wildman–Crippen LogP) is 1.06. The maximum absolute atomic E-state index is 11.9. The van der Waals surface area contributed by atoms with Crippen molar-refractivity contribution in [3.05, 3.63) is 35.4 Å². The van der Waals surface area contributed by atoms with Gasteiger partial charge in [-0.15, -0.1) is 0 Å². The maximum Gasteiger partial charge on any atom is 0.261 e. The molecule has 1 aliphatic rings. The minimum atomic E-state index is -0.614. The highest BCUT2D eigenvalue weighted by atomic mass is 35.5. The van der Waals surface area contributed by atoms with E-state index in [2.05, 4.69) is 0 Å². The van der Waals surface area contributed by atoms with E-state index in [0.717, 1.165) is 4.90 Å². The average molecular weight is 268 g/mol. The van der Waals surface area contributed by atoms with E-state index in [-0.39, 0.29) is 31.6 Å². The fourth-order valence-electron chi connectivity index (χ4n) is 1.75. The Balaban J connectivity index is 1.99. The number of ether oxygens (including phenoxy) is 1.